The molecule has 3 heteroatoms. The number of nitrogens with zero attached hydrogens (tertiary/aromatic N) is 1. The lowest BCUT2D eigenvalue weighted by Crippen LogP contribution is -2.29. The van der Waals surface area contributed by atoms with Crippen molar-refractivity contribution in [2.45, 2.75) is 32.2 Å². The highest BCUT2D eigenvalue weighted by atomic mass is 16.5. The summed E-state index contributed by atoms with van der Waals surface area (Å²) in [4.78, 5) is 0. The van der Waals surface area contributed by atoms with E-state index in [0.29, 0.717) is 5.90 Å². The van der Waals surface area contributed by atoms with Gasteiger partial charge in [-0.2, -0.15) is 4.74 Å². The standard InChI is InChI=1S/C7H13NO2/c1-7(2)5-4-6(10-3)8(7)9/h4-5H2,1-3H3. The quantitative estimate of drug-likeness (QED) is 0.376. The second-order valence-electron chi connectivity index (χ2n) is 3.20. The molecule has 0 aromatic heterocycles. The smallest absolute Gasteiger partial charge is 0.348 e. The molecule has 10 heavy (non-hydrogen) atoms. The second-order valence-corrected chi connectivity index (χ2v) is 3.20. The Bertz CT molecular complexity index is 172. The Kier molecular flexibility index (Phi) is 1.58. The van der Waals surface area contributed by atoms with Crippen molar-refractivity contribution in [2.75, 3.05) is 7.11 Å². The Morgan fingerprint density at radius 2 is 2.20 bits per heavy atom. The van der Waals surface area contributed by atoms with Crippen LogP contribution in [0.3, 0.4) is 0 Å². The summed E-state index contributed by atoms with van der Waals surface area (Å²) in [6.07, 6.45) is 1.66. The molecule has 0 amide bonds. The topological polar surface area (TPSA) is 35.3 Å². The van der Waals surface area contributed by atoms with Crippen LogP contribution in [0, 0.1) is 5.21 Å². The van der Waals surface area contributed by atoms with Crippen LogP contribution in [-0.2, 0) is 4.74 Å². The van der Waals surface area contributed by atoms with Gasteiger partial charge in [-0.05, 0) is 0 Å². The van der Waals surface area contributed by atoms with Gasteiger partial charge in [0.2, 0.25) is 0 Å². The summed E-state index contributed by atoms with van der Waals surface area (Å²) < 4.78 is 5.85. The molecular weight excluding hydrogens is 130 g/mol. The number of hydrogen-bond donors (Lipinski definition) is 0. The highest BCUT2D eigenvalue weighted by molar-refractivity contribution is 5.72. The van der Waals surface area contributed by atoms with Crippen molar-refractivity contribution in [1.82, 2.24) is 0 Å². The summed E-state index contributed by atoms with van der Waals surface area (Å²) >= 11 is 0. The SMILES string of the molecule is COC1=[N+]([O-])C(C)(C)CC1. The minimum Gasteiger partial charge on any atom is -0.621 e. The minimum absolute atomic E-state index is 0.259. The minimum atomic E-state index is -0.259. The zero-order valence-corrected chi connectivity index (χ0v) is 6.68. The van der Waals surface area contributed by atoms with Crippen molar-refractivity contribution in [1.29, 1.82) is 0 Å². The molecule has 0 aromatic carbocycles. The molecule has 0 radical (unpaired) electrons. The van der Waals surface area contributed by atoms with Crippen LogP contribution in [0.5, 0.6) is 0 Å². The van der Waals surface area contributed by atoms with E-state index in [-0.39, 0.29) is 5.54 Å². The highest BCUT2D eigenvalue weighted by Gasteiger charge is 2.37. The Labute approximate surface area is 60.9 Å². The van der Waals surface area contributed by atoms with Gasteiger partial charge in [0.15, 0.2) is 5.54 Å². The van der Waals surface area contributed by atoms with Crippen LogP contribution in [-0.4, -0.2) is 23.3 Å². The van der Waals surface area contributed by atoms with Crippen molar-refractivity contribution < 1.29 is 9.48 Å². The lowest BCUT2D eigenvalue weighted by atomic mass is 10.0. The van der Waals surface area contributed by atoms with E-state index in [1.165, 1.54) is 0 Å². The monoisotopic (exact) mass is 143 g/mol. The largest absolute Gasteiger partial charge is 0.621 e. The van der Waals surface area contributed by atoms with Gasteiger partial charge in [0.05, 0.1) is 13.5 Å². The van der Waals surface area contributed by atoms with Gasteiger partial charge in [-0.25, -0.2) is 0 Å². The number of rotatable bonds is 0. The Balaban J connectivity index is 2.84. The molecule has 0 unspecified atom stereocenters. The van der Waals surface area contributed by atoms with E-state index in [1.54, 1.807) is 7.11 Å². The van der Waals surface area contributed by atoms with Gasteiger partial charge in [-0.15, -0.1) is 0 Å². The third-order valence-corrected chi connectivity index (χ3v) is 1.96. The van der Waals surface area contributed by atoms with E-state index in [2.05, 4.69) is 0 Å². The molecule has 0 saturated carbocycles. The van der Waals surface area contributed by atoms with Crippen LogP contribution in [0.4, 0.5) is 0 Å². The Morgan fingerprint density at radius 3 is 2.40 bits per heavy atom. The lowest BCUT2D eigenvalue weighted by molar-refractivity contribution is -0.537. The van der Waals surface area contributed by atoms with E-state index in [1.807, 2.05) is 13.8 Å². The molecule has 1 rings (SSSR count). The summed E-state index contributed by atoms with van der Waals surface area (Å²) in [5.41, 5.74) is -0.259. The molecule has 0 aromatic rings. The first-order valence-electron chi connectivity index (χ1n) is 3.45. The maximum Gasteiger partial charge on any atom is 0.348 e. The fraction of sp³-hybridized carbons (Fsp3) is 0.857. The van der Waals surface area contributed by atoms with Crippen molar-refractivity contribution in [3.05, 3.63) is 5.21 Å². The molecule has 0 bridgehead atoms. The summed E-state index contributed by atoms with van der Waals surface area (Å²) in [5, 5.41) is 11.2. The Morgan fingerprint density at radius 1 is 1.60 bits per heavy atom. The first-order chi connectivity index (χ1) is 4.58. The molecule has 1 aliphatic rings. The fourth-order valence-corrected chi connectivity index (χ4v) is 1.14. The molecule has 58 valence electrons. The van der Waals surface area contributed by atoms with Crippen LogP contribution >= 0.6 is 0 Å². The van der Waals surface area contributed by atoms with Gasteiger partial charge < -0.3 is 9.94 Å². The molecular formula is C7H13NO2. The molecule has 0 atom stereocenters. The maximum absolute atomic E-state index is 11.2. The molecule has 3 nitrogen and oxygen atoms in total. The average Bonchev–Trinajstić information content (AvgIpc) is 2.10. The maximum atomic E-state index is 11.2. The predicted molar refractivity (Wildman–Crippen MR) is 39.0 cm³/mol. The van der Waals surface area contributed by atoms with Crippen LogP contribution < -0.4 is 0 Å². The summed E-state index contributed by atoms with van der Waals surface area (Å²) in [7, 11) is 1.54. The number of hydrogen-bond acceptors (Lipinski definition) is 2. The van der Waals surface area contributed by atoms with E-state index in [4.69, 9.17) is 4.74 Å². The van der Waals surface area contributed by atoms with Crippen molar-refractivity contribution in [3.8, 4) is 0 Å². The van der Waals surface area contributed by atoms with Crippen molar-refractivity contribution >= 4 is 5.90 Å². The van der Waals surface area contributed by atoms with E-state index >= 15 is 0 Å². The highest BCUT2D eigenvalue weighted by Crippen LogP contribution is 2.23. The van der Waals surface area contributed by atoms with Gasteiger partial charge in [-0.3, -0.25) is 0 Å². The van der Waals surface area contributed by atoms with Gasteiger partial charge in [0.25, 0.3) is 0 Å². The summed E-state index contributed by atoms with van der Waals surface area (Å²) in [6, 6.07) is 0. The summed E-state index contributed by atoms with van der Waals surface area (Å²) in [6.45, 7) is 3.85. The van der Waals surface area contributed by atoms with E-state index in [9.17, 15) is 5.21 Å². The van der Waals surface area contributed by atoms with E-state index in [0.717, 1.165) is 17.6 Å². The van der Waals surface area contributed by atoms with Crippen LogP contribution in [0.2, 0.25) is 0 Å². The normalized spacial score (nSPS) is 23.5. The third-order valence-electron chi connectivity index (χ3n) is 1.96. The van der Waals surface area contributed by atoms with Crippen molar-refractivity contribution in [3.63, 3.8) is 0 Å². The molecule has 0 fully saturated rings. The first kappa shape index (κ1) is 7.38. The Hall–Kier alpha value is -0.730. The predicted octanol–water partition coefficient (Wildman–Crippen LogP) is 1.11. The molecule has 1 heterocycles. The lowest BCUT2D eigenvalue weighted by Gasteiger charge is -2.16. The van der Waals surface area contributed by atoms with Crippen molar-refractivity contribution in [2.24, 2.45) is 0 Å². The number of ether oxygens (including phenoxy) is 1. The van der Waals surface area contributed by atoms with Gasteiger partial charge >= 0.3 is 5.90 Å². The molecule has 0 aliphatic carbocycles. The van der Waals surface area contributed by atoms with Crippen LogP contribution in [0.1, 0.15) is 26.7 Å². The second kappa shape index (κ2) is 2.15. The van der Waals surface area contributed by atoms with Gasteiger partial charge in [-0.1, -0.05) is 0 Å². The van der Waals surface area contributed by atoms with Gasteiger partial charge in [0.1, 0.15) is 0 Å². The molecule has 0 saturated heterocycles. The third kappa shape index (κ3) is 0.958. The molecule has 1 aliphatic heterocycles. The average molecular weight is 143 g/mol. The summed E-state index contributed by atoms with van der Waals surface area (Å²) in [5.74, 6) is 0.560. The van der Waals surface area contributed by atoms with Gasteiger partial charge in [0, 0.05) is 20.3 Å². The zero-order valence-electron chi connectivity index (χ0n) is 6.68. The first-order valence-corrected chi connectivity index (χ1v) is 3.45. The van der Waals surface area contributed by atoms with Crippen LogP contribution in [0.25, 0.3) is 0 Å². The zero-order chi connectivity index (χ0) is 7.78. The molecule has 0 N–H and O–H groups in total. The van der Waals surface area contributed by atoms with E-state index < -0.39 is 0 Å². The number of methoxy groups -OCH3 is 1. The fourth-order valence-electron chi connectivity index (χ4n) is 1.14. The molecule has 0 spiro atoms. The van der Waals surface area contributed by atoms with Crippen LogP contribution in [0.15, 0.2) is 0 Å². The number of hydroxylamine groups is 1.